The summed E-state index contributed by atoms with van der Waals surface area (Å²) in [4.78, 5) is 25.1. The van der Waals surface area contributed by atoms with Gasteiger partial charge in [0, 0.05) is 0 Å². The monoisotopic (exact) mass is 343 g/mol. The molecule has 25 heavy (non-hydrogen) atoms. The molecular weight excluding hydrogens is 322 g/mol. The normalized spacial score (nSPS) is 12.9. The van der Waals surface area contributed by atoms with Gasteiger partial charge in [0.2, 0.25) is 0 Å². The standard InChI is InChI=1S/C19H21NO5/c1-14(21)17(18(22)23)20(12-15-8-4-2-5-9-15)19(24)25-13-16-10-6-3-7-11-16/h2-11,14,17,21H,12-13H2,1H3,(H,22,23)/t14-,17+/m1/s1. The Morgan fingerprint density at radius 2 is 1.52 bits per heavy atom. The minimum Gasteiger partial charge on any atom is -0.480 e. The lowest BCUT2D eigenvalue weighted by Crippen LogP contribution is -2.50. The highest BCUT2D eigenvalue weighted by molar-refractivity contribution is 5.80. The van der Waals surface area contributed by atoms with Crippen LogP contribution in [-0.2, 0) is 22.7 Å². The number of benzene rings is 2. The summed E-state index contributed by atoms with van der Waals surface area (Å²) in [6.45, 7) is 1.38. The van der Waals surface area contributed by atoms with Crippen LogP contribution < -0.4 is 0 Å². The van der Waals surface area contributed by atoms with Gasteiger partial charge in [-0.1, -0.05) is 60.7 Å². The first-order chi connectivity index (χ1) is 12.0. The van der Waals surface area contributed by atoms with E-state index >= 15 is 0 Å². The van der Waals surface area contributed by atoms with Crippen LogP contribution in [0.3, 0.4) is 0 Å². The first-order valence-electron chi connectivity index (χ1n) is 7.91. The van der Waals surface area contributed by atoms with E-state index in [0.29, 0.717) is 0 Å². The van der Waals surface area contributed by atoms with Gasteiger partial charge in [0.15, 0.2) is 6.04 Å². The number of hydrogen-bond acceptors (Lipinski definition) is 4. The predicted octanol–water partition coefficient (Wildman–Crippen LogP) is 2.66. The number of carbonyl (C=O) groups is 2. The molecule has 1 amide bonds. The lowest BCUT2D eigenvalue weighted by Gasteiger charge is -2.30. The predicted molar refractivity (Wildman–Crippen MR) is 91.7 cm³/mol. The van der Waals surface area contributed by atoms with Crippen molar-refractivity contribution >= 4 is 12.1 Å². The fourth-order valence-electron chi connectivity index (χ4n) is 2.46. The number of carboxylic acid groups (broad SMARTS) is 1. The molecule has 0 spiro atoms. The summed E-state index contributed by atoms with van der Waals surface area (Å²) in [6, 6.07) is 16.7. The van der Waals surface area contributed by atoms with Crippen LogP contribution in [0.15, 0.2) is 60.7 Å². The molecule has 2 N–H and O–H groups in total. The molecule has 0 saturated carbocycles. The van der Waals surface area contributed by atoms with Crippen LogP contribution in [0.25, 0.3) is 0 Å². The Kier molecular flexibility index (Phi) is 6.54. The Morgan fingerprint density at radius 3 is 2.00 bits per heavy atom. The highest BCUT2D eigenvalue weighted by atomic mass is 16.6. The van der Waals surface area contributed by atoms with Gasteiger partial charge in [-0.25, -0.2) is 9.59 Å². The van der Waals surface area contributed by atoms with Crippen molar-refractivity contribution < 1.29 is 24.5 Å². The van der Waals surface area contributed by atoms with Gasteiger partial charge in [-0.2, -0.15) is 0 Å². The van der Waals surface area contributed by atoms with Gasteiger partial charge in [-0.05, 0) is 18.1 Å². The zero-order valence-corrected chi connectivity index (χ0v) is 13.9. The van der Waals surface area contributed by atoms with E-state index in [2.05, 4.69) is 0 Å². The van der Waals surface area contributed by atoms with Crippen LogP contribution in [0, 0.1) is 0 Å². The fourth-order valence-corrected chi connectivity index (χ4v) is 2.46. The average Bonchev–Trinajstić information content (AvgIpc) is 2.60. The van der Waals surface area contributed by atoms with E-state index in [-0.39, 0.29) is 13.2 Å². The van der Waals surface area contributed by atoms with E-state index in [0.717, 1.165) is 16.0 Å². The second-order valence-electron chi connectivity index (χ2n) is 5.68. The summed E-state index contributed by atoms with van der Waals surface area (Å²) in [5, 5.41) is 19.3. The molecule has 0 bridgehead atoms. The number of aliphatic hydroxyl groups is 1. The second kappa shape index (κ2) is 8.84. The molecule has 0 heterocycles. The minimum absolute atomic E-state index is 0.0241. The molecular formula is C19H21NO5. The van der Waals surface area contributed by atoms with Crippen LogP contribution in [0.1, 0.15) is 18.1 Å². The van der Waals surface area contributed by atoms with Crippen molar-refractivity contribution in [1.29, 1.82) is 0 Å². The summed E-state index contributed by atoms with van der Waals surface area (Å²) in [5.41, 5.74) is 1.53. The summed E-state index contributed by atoms with van der Waals surface area (Å²) in [5.74, 6) is -1.29. The number of aliphatic hydroxyl groups excluding tert-OH is 1. The van der Waals surface area contributed by atoms with E-state index in [1.54, 1.807) is 36.4 Å². The van der Waals surface area contributed by atoms with Gasteiger partial charge in [-0.3, -0.25) is 4.90 Å². The maximum atomic E-state index is 12.5. The Hall–Kier alpha value is -2.86. The van der Waals surface area contributed by atoms with E-state index < -0.39 is 24.2 Å². The van der Waals surface area contributed by atoms with Gasteiger partial charge in [0.25, 0.3) is 0 Å². The summed E-state index contributed by atoms with van der Waals surface area (Å²) in [7, 11) is 0. The fraction of sp³-hybridized carbons (Fsp3) is 0.263. The van der Waals surface area contributed by atoms with Gasteiger partial charge >= 0.3 is 12.1 Å². The van der Waals surface area contributed by atoms with Crippen LogP contribution in [0.5, 0.6) is 0 Å². The van der Waals surface area contributed by atoms with E-state index in [1.165, 1.54) is 6.92 Å². The third kappa shape index (κ3) is 5.32. The molecule has 2 rings (SSSR count). The molecule has 0 aliphatic rings. The molecule has 0 unspecified atom stereocenters. The number of carboxylic acids is 1. The third-order valence-electron chi connectivity index (χ3n) is 3.68. The summed E-state index contributed by atoms with van der Waals surface area (Å²) >= 11 is 0. The van der Waals surface area contributed by atoms with Crippen molar-refractivity contribution in [2.45, 2.75) is 32.2 Å². The molecule has 6 nitrogen and oxygen atoms in total. The van der Waals surface area contributed by atoms with E-state index in [4.69, 9.17) is 4.74 Å². The Balaban J connectivity index is 2.17. The first-order valence-corrected chi connectivity index (χ1v) is 7.91. The summed E-state index contributed by atoms with van der Waals surface area (Å²) in [6.07, 6.45) is -2.04. The Labute approximate surface area is 146 Å². The Morgan fingerprint density at radius 1 is 1.00 bits per heavy atom. The maximum Gasteiger partial charge on any atom is 0.411 e. The van der Waals surface area contributed by atoms with Crippen molar-refractivity contribution in [3.05, 3.63) is 71.8 Å². The number of aliphatic carboxylic acids is 1. The van der Waals surface area contributed by atoms with Crippen molar-refractivity contribution in [2.75, 3.05) is 0 Å². The number of amides is 1. The lowest BCUT2D eigenvalue weighted by atomic mass is 10.1. The molecule has 0 aliphatic heterocycles. The maximum absolute atomic E-state index is 12.5. The molecule has 2 aromatic carbocycles. The first kappa shape index (κ1) is 18.5. The largest absolute Gasteiger partial charge is 0.480 e. The molecule has 0 fully saturated rings. The van der Waals surface area contributed by atoms with Gasteiger partial charge in [-0.15, -0.1) is 0 Å². The SMILES string of the molecule is C[C@@H](O)[C@@H](C(=O)O)N(Cc1ccccc1)C(=O)OCc1ccccc1. The van der Waals surface area contributed by atoms with Crippen molar-refractivity contribution in [2.24, 2.45) is 0 Å². The average molecular weight is 343 g/mol. The lowest BCUT2D eigenvalue weighted by molar-refractivity contribution is -0.147. The zero-order valence-electron chi connectivity index (χ0n) is 13.9. The zero-order chi connectivity index (χ0) is 18.2. The molecule has 2 aromatic rings. The number of ether oxygens (including phenoxy) is 1. The topological polar surface area (TPSA) is 87.1 Å². The van der Waals surface area contributed by atoms with Gasteiger partial charge < -0.3 is 14.9 Å². The number of hydrogen-bond donors (Lipinski definition) is 2. The smallest absolute Gasteiger partial charge is 0.411 e. The molecule has 2 atom stereocenters. The van der Waals surface area contributed by atoms with Crippen LogP contribution in [0.4, 0.5) is 4.79 Å². The van der Waals surface area contributed by atoms with Crippen LogP contribution >= 0.6 is 0 Å². The van der Waals surface area contributed by atoms with Crippen LogP contribution in [0.2, 0.25) is 0 Å². The summed E-state index contributed by atoms with van der Waals surface area (Å²) < 4.78 is 5.26. The molecule has 0 aromatic heterocycles. The number of nitrogens with zero attached hydrogens (tertiary/aromatic N) is 1. The third-order valence-corrected chi connectivity index (χ3v) is 3.68. The number of rotatable bonds is 7. The van der Waals surface area contributed by atoms with E-state index in [1.807, 2.05) is 24.3 Å². The molecule has 0 saturated heterocycles. The highest BCUT2D eigenvalue weighted by Gasteiger charge is 2.34. The molecule has 6 heteroatoms. The molecule has 0 aliphatic carbocycles. The van der Waals surface area contributed by atoms with Crippen molar-refractivity contribution in [3.8, 4) is 0 Å². The van der Waals surface area contributed by atoms with E-state index in [9.17, 15) is 19.8 Å². The minimum atomic E-state index is -1.40. The highest BCUT2D eigenvalue weighted by Crippen LogP contribution is 2.15. The Bertz CT molecular complexity index is 687. The van der Waals surface area contributed by atoms with Gasteiger partial charge in [0.1, 0.15) is 6.61 Å². The van der Waals surface area contributed by atoms with Crippen molar-refractivity contribution in [1.82, 2.24) is 4.90 Å². The molecule has 0 radical (unpaired) electrons. The van der Waals surface area contributed by atoms with Crippen molar-refractivity contribution in [3.63, 3.8) is 0 Å². The number of carbonyl (C=O) groups excluding carboxylic acids is 1. The molecule has 132 valence electrons. The van der Waals surface area contributed by atoms with Gasteiger partial charge in [0.05, 0.1) is 12.6 Å². The quantitative estimate of drug-likeness (QED) is 0.807. The second-order valence-corrected chi connectivity index (χ2v) is 5.68. The van der Waals surface area contributed by atoms with Crippen LogP contribution in [-0.4, -0.2) is 39.3 Å².